The molecular weight excluding hydrogens is 254 g/mol. The predicted molar refractivity (Wildman–Crippen MR) is 58.1 cm³/mol. The molecule has 0 bridgehead atoms. The monoisotopic (exact) mass is 264 g/mol. The maximum atomic E-state index is 13.4. The third-order valence-corrected chi connectivity index (χ3v) is 2.55. The Morgan fingerprint density at radius 1 is 1.29 bits per heavy atom. The zero-order valence-corrected chi connectivity index (χ0v) is 9.36. The van der Waals surface area contributed by atoms with Crippen LogP contribution in [-0.2, 0) is 0 Å². The molecule has 4 nitrogen and oxygen atoms in total. The minimum absolute atomic E-state index is 0.194. The summed E-state index contributed by atoms with van der Waals surface area (Å²) in [6.07, 6.45) is -3.24. The lowest BCUT2D eigenvalue weighted by Crippen LogP contribution is -2.22. The number of carboxylic acid groups (broad SMARTS) is 1. The molecule has 7 heteroatoms. The Balaban J connectivity index is 3.22. The third-order valence-electron chi connectivity index (χ3n) is 2.17. The SMILES string of the molecule is O=C(O)c1cc(F)c(C(O)C(O)CS)c(F)c1. The van der Waals surface area contributed by atoms with Gasteiger partial charge >= 0.3 is 5.97 Å². The van der Waals surface area contributed by atoms with Crippen LogP contribution in [0.25, 0.3) is 0 Å². The van der Waals surface area contributed by atoms with Crippen LogP contribution in [0.2, 0.25) is 0 Å². The number of benzene rings is 1. The maximum absolute atomic E-state index is 13.4. The van der Waals surface area contributed by atoms with Crippen molar-refractivity contribution in [1.29, 1.82) is 0 Å². The fraction of sp³-hybridized carbons (Fsp3) is 0.300. The first kappa shape index (κ1) is 13.9. The van der Waals surface area contributed by atoms with Gasteiger partial charge in [0.05, 0.1) is 17.2 Å². The van der Waals surface area contributed by atoms with E-state index in [4.69, 9.17) is 5.11 Å². The summed E-state index contributed by atoms with van der Waals surface area (Å²) in [6, 6.07) is 1.16. The Morgan fingerprint density at radius 3 is 2.12 bits per heavy atom. The zero-order valence-electron chi connectivity index (χ0n) is 8.47. The van der Waals surface area contributed by atoms with Crippen molar-refractivity contribution in [2.75, 3.05) is 5.75 Å². The lowest BCUT2D eigenvalue weighted by Gasteiger charge is -2.17. The van der Waals surface area contributed by atoms with E-state index in [-0.39, 0.29) is 5.75 Å². The number of carbonyl (C=O) groups is 1. The van der Waals surface area contributed by atoms with Crippen LogP contribution in [0.15, 0.2) is 12.1 Å². The van der Waals surface area contributed by atoms with Gasteiger partial charge in [-0.1, -0.05) is 0 Å². The molecule has 1 rings (SSSR count). The lowest BCUT2D eigenvalue weighted by atomic mass is 10.0. The van der Waals surface area contributed by atoms with Gasteiger partial charge in [-0.05, 0) is 12.1 Å². The minimum Gasteiger partial charge on any atom is -0.478 e. The Kier molecular flexibility index (Phi) is 4.44. The van der Waals surface area contributed by atoms with Crippen LogP contribution in [-0.4, -0.2) is 33.1 Å². The standard InChI is InChI=1S/C10H10F2O4S/c11-5-1-4(10(15)16)2-6(12)8(5)9(14)7(13)3-17/h1-2,7,9,13-14,17H,3H2,(H,15,16). The molecule has 0 radical (unpaired) electrons. The summed E-state index contributed by atoms with van der Waals surface area (Å²) >= 11 is 3.68. The molecule has 1 aromatic carbocycles. The van der Waals surface area contributed by atoms with Crippen LogP contribution in [0.1, 0.15) is 22.0 Å². The van der Waals surface area contributed by atoms with E-state index in [2.05, 4.69) is 12.6 Å². The summed E-state index contributed by atoms with van der Waals surface area (Å²) in [5.41, 5.74) is -1.34. The van der Waals surface area contributed by atoms with Crippen LogP contribution in [0.5, 0.6) is 0 Å². The van der Waals surface area contributed by atoms with Gasteiger partial charge in [-0.3, -0.25) is 0 Å². The number of carboxylic acids is 1. The van der Waals surface area contributed by atoms with Crippen molar-refractivity contribution in [2.24, 2.45) is 0 Å². The summed E-state index contributed by atoms with van der Waals surface area (Å²) in [5.74, 6) is -4.13. The summed E-state index contributed by atoms with van der Waals surface area (Å²) < 4.78 is 26.8. The average molecular weight is 264 g/mol. The highest BCUT2D eigenvalue weighted by atomic mass is 32.1. The molecule has 3 N–H and O–H groups in total. The van der Waals surface area contributed by atoms with Crippen molar-refractivity contribution in [1.82, 2.24) is 0 Å². The summed E-state index contributed by atoms with van der Waals surface area (Å²) in [4.78, 5) is 10.5. The fourth-order valence-corrected chi connectivity index (χ4v) is 1.48. The van der Waals surface area contributed by atoms with Crippen molar-refractivity contribution in [3.63, 3.8) is 0 Å². The number of hydrogen-bond donors (Lipinski definition) is 4. The minimum atomic E-state index is -1.80. The second-order valence-electron chi connectivity index (χ2n) is 3.35. The first-order valence-corrected chi connectivity index (χ1v) is 5.21. The Bertz CT molecular complexity index is 415. The van der Waals surface area contributed by atoms with Crippen LogP contribution in [0, 0.1) is 11.6 Å². The molecule has 0 fully saturated rings. The molecule has 2 atom stereocenters. The van der Waals surface area contributed by atoms with E-state index in [0.29, 0.717) is 12.1 Å². The number of aromatic carboxylic acids is 1. The molecular formula is C10H10F2O4S. The van der Waals surface area contributed by atoms with E-state index in [1.807, 2.05) is 0 Å². The molecule has 0 heterocycles. The van der Waals surface area contributed by atoms with Gasteiger partial charge in [0.2, 0.25) is 0 Å². The van der Waals surface area contributed by atoms with E-state index in [9.17, 15) is 23.8 Å². The molecule has 17 heavy (non-hydrogen) atoms. The molecule has 0 aliphatic heterocycles. The molecule has 0 spiro atoms. The summed E-state index contributed by atoms with van der Waals surface area (Å²) in [6.45, 7) is 0. The van der Waals surface area contributed by atoms with Crippen LogP contribution < -0.4 is 0 Å². The average Bonchev–Trinajstić information content (AvgIpc) is 2.26. The summed E-state index contributed by atoms with van der Waals surface area (Å²) in [7, 11) is 0. The molecule has 0 amide bonds. The molecule has 0 saturated carbocycles. The van der Waals surface area contributed by atoms with Gasteiger partial charge in [-0.2, -0.15) is 12.6 Å². The summed E-state index contributed by atoms with van der Waals surface area (Å²) in [5, 5.41) is 27.2. The first-order valence-electron chi connectivity index (χ1n) is 4.57. The number of halogens is 2. The van der Waals surface area contributed by atoms with Crippen LogP contribution in [0.3, 0.4) is 0 Å². The second-order valence-corrected chi connectivity index (χ2v) is 3.72. The van der Waals surface area contributed by atoms with E-state index < -0.39 is 40.9 Å². The Hall–Kier alpha value is -1.18. The molecule has 0 aliphatic rings. The largest absolute Gasteiger partial charge is 0.478 e. The van der Waals surface area contributed by atoms with Gasteiger partial charge in [0.15, 0.2) is 0 Å². The quantitative estimate of drug-likeness (QED) is 0.612. The van der Waals surface area contributed by atoms with Crippen molar-refractivity contribution in [3.8, 4) is 0 Å². The molecule has 0 saturated heterocycles. The van der Waals surface area contributed by atoms with Gasteiger partial charge in [0.1, 0.15) is 17.7 Å². The topological polar surface area (TPSA) is 77.8 Å². The lowest BCUT2D eigenvalue weighted by molar-refractivity contribution is 0.0290. The highest BCUT2D eigenvalue weighted by Crippen LogP contribution is 2.25. The van der Waals surface area contributed by atoms with Crippen molar-refractivity contribution in [2.45, 2.75) is 12.2 Å². The van der Waals surface area contributed by atoms with Crippen LogP contribution in [0.4, 0.5) is 8.78 Å². The Morgan fingerprint density at radius 2 is 1.76 bits per heavy atom. The van der Waals surface area contributed by atoms with Gasteiger partial charge in [-0.25, -0.2) is 13.6 Å². The zero-order chi connectivity index (χ0) is 13.2. The molecule has 1 aromatic rings. The number of aliphatic hydroxyl groups excluding tert-OH is 2. The number of aliphatic hydroxyl groups is 2. The van der Waals surface area contributed by atoms with Crippen molar-refractivity contribution < 1.29 is 28.9 Å². The van der Waals surface area contributed by atoms with E-state index in [0.717, 1.165) is 0 Å². The highest BCUT2D eigenvalue weighted by molar-refractivity contribution is 7.80. The molecule has 0 aliphatic carbocycles. The molecule has 0 aromatic heterocycles. The third kappa shape index (κ3) is 2.93. The van der Waals surface area contributed by atoms with Crippen molar-refractivity contribution >= 4 is 18.6 Å². The van der Waals surface area contributed by atoms with E-state index in [1.165, 1.54) is 0 Å². The number of thiol groups is 1. The maximum Gasteiger partial charge on any atom is 0.335 e. The fourth-order valence-electron chi connectivity index (χ4n) is 1.28. The number of rotatable bonds is 4. The first-order chi connectivity index (χ1) is 7.88. The normalized spacial score (nSPS) is 14.4. The van der Waals surface area contributed by atoms with E-state index in [1.54, 1.807) is 0 Å². The number of hydrogen-bond acceptors (Lipinski definition) is 4. The van der Waals surface area contributed by atoms with Gasteiger partial charge < -0.3 is 15.3 Å². The Labute approximate surface area is 101 Å². The molecule has 2 unspecified atom stereocenters. The van der Waals surface area contributed by atoms with E-state index >= 15 is 0 Å². The predicted octanol–water partition coefficient (Wildman–Crippen LogP) is 0.987. The second kappa shape index (κ2) is 5.44. The van der Waals surface area contributed by atoms with Crippen LogP contribution >= 0.6 is 12.6 Å². The van der Waals surface area contributed by atoms with Gasteiger partial charge in [0.25, 0.3) is 0 Å². The van der Waals surface area contributed by atoms with Crippen molar-refractivity contribution in [3.05, 3.63) is 34.9 Å². The highest BCUT2D eigenvalue weighted by Gasteiger charge is 2.25. The van der Waals surface area contributed by atoms with Gasteiger partial charge in [-0.15, -0.1) is 0 Å². The molecule has 94 valence electrons. The van der Waals surface area contributed by atoms with Gasteiger partial charge in [0, 0.05) is 5.75 Å². The smallest absolute Gasteiger partial charge is 0.335 e.